The van der Waals surface area contributed by atoms with Crippen molar-refractivity contribution in [1.82, 2.24) is 19.6 Å². The number of hydrogen-bond acceptors (Lipinski definition) is 4. The maximum atomic E-state index is 12.7. The molecule has 0 aromatic carbocycles. The minimum atomic E-state index is 0.0124. The van der Waals surface area contributed by atoms with Gasteiger partial charge in [-0.15, -0.1) is 0 Å². The van der Waals surface area contributed by atoms with Gasteiger partial charge in [0.2, 0.25) is 0 Å². The maximum absolute atomic E-state index is 12.7. The van der Waals surface area contributed by atoms with Crippen molar-refractivity contribution in [3.8, 4) is 0 Å². The third kappa shape index (κ3) is 4.15. The van der Waals surface area contributed by atoms with E-state index in [1.54, 1.807) is 6.20 Å². The van der Waals surface area contributed by atoms with E-state index in [0.717, 1.165) is 57.6 Å². The van der Waals surface area contributed by atoms with E-state index in [1.165, 1.54) is 25.9 Å². The zero-order valence-corrected chi connectivity index (χ0v) is 14.9. The molecule has 2 atom stereocenters. The first-order valence-corrected chi connectivity index (χ1v) is 9.72. The molecule has 3 aliphatic rings. The molecule has 4 heterocycles. The minimum absolute atomic E-state index is 0.0124. The monoisotopic (exact) mass is 347 g/mol. The van der Waals surface area contributed by atoms with Gasteiger partial charge in [0.1, 0.15) is 0 Å². The Morgan fingerprint density at radius 2 is 2.04 bits per heavy atom. The molecule has 3 aliphatic heterocycles. The zero-order chi connectivity index (χ0) is 17.1. The third-order valence-corrected chi connectivity index (χ3v) is 5.60. The lowest BCUT2D eigenvalue weighted by molar-refractivity contribution is 0.0940. The lowest BCUT2D eigenvalue weighted by atomic mass is 10.2. The first-order valence-electron chi connectivity index (χ1n) is 9.72. The normalized spacial score (nSPS) is 27.3. The summed E-state index contributed by atoms with van der Waals surface area (Å²) in [6.45, 7) is 5.85. The quantitative estimate of drug-likeness (QED) is 0.887. The fraction of sp³-hybridized carbons (Fsp3) is 0.778. The molecule has 1 aromatic heterocycles. The minimum Gasteiger partial charge on any atom is -0.376 e. The second-order valence-corrected chi connectivity index (χ2v) is 7.51. The van der Waals surface area contributed by atoms with Gasteiger partial charge in [-0.1, -0.05) is 0 Å². The van der Waals surface area contributed by atoms with Crippen LogP contribution < -0.4 is 5.32 Å². The number of urea groups is 1. The second-order valence-electron chi connectivity index (χ2n) is 7.51. The van der Waals surface area contributed by atoms with Crippen LogP contribution in [0.15, 0.2) is 12.4 Å². The molecule has 0 unspecified atom stereocenters. The van der Waals surface area contributed by atoms with Gasteiger partial charge >= 0.3 is 6.03 Å². The predicted octanol–water partition coefficient (Wildman–Crippen LogP) is 2.15. The molecule has 0 radical (unpaired) electrons. The molecular formula is C18H29N5O2. The standard InChI is InChI=1S/C18H29N5O2/c24-18(23-9-3-5-16(23)13-21-7-1-2-8-21)20-15-11-19-22(12-15)14-17-6-4-10-25-17/h11-12,16-17H,1-10,13-14H2,(H,20,24)/t16-,17-/m1/s1. The van der Waals surface area contributed by atoms with Gasteiger partial charge in [-0.25, -0.2) is 4.79 Å². The van der Waals surface area contributed by atoms with Crippen molar-refractivity contribution in [3.63, 3.8) is 0 Å². The van der Waals surface area contributed by atoms with Gasteiger partial charge in [0, 0.05) is 31.9 Å². The number of rotatable bonds is 5. The Hall–Kier alpha value is -1.60. The van der Waals surface area contributed by atoms with Gasteiger partial charge < -0.3 is 19.9 Å². The summed E-state index contributed by atoms with van der Waals surface area (Å²) in [5.74, 6) is 0. The maximum Gasteiger partial charge on any atom is 0.322 e. The Bertz CT molecular complexity index is 578. The van der Waals surface area contributed by atoms with E-state index in [2.05, 4.69) is 15.3 Å². The van der Waals surface area contributed by atoms with E-state index < -0.39 is 0 Å². The van der Waals surface area contributed by atoms with Gasteiger partial charge in [0.25, 0.3) is 0 Å². The van der Waals surface area contributed by atoms with Crippen molar-refractivity contribution in [3.05, 3.63) is 12.4 Å². The number of amides is 2. The van der Waals surface area contributed by atoms with E-state index in [4.69, 9.17) is 4.74 Å². The number of likely N-dealkylation sites (tertiary alicyclic amines) is 2. The highest BCUT2D eigenvalue weighted by molar-refractivity contribution is 5.89. The number of nitrogens with one attached hydrogen (secondary N) is 1. The highest BCUT2D eigenvalue weighted by Gasteiger charge is 2.31. The van der Waals surface area contributed by atoms with Crippen LogP contribution >= 0.6 is 0 Å². The summed E-state index contributed by atoms with van der Waals surface area (Å²) in [5, 5.41) is 7.39. The molecule has 0 spiro atoms. The number of nitrogens with zero attached hydrogens (tertiary/aromatic N) is 4. The van der Waals surface area contributed by atoms with E-state index in [-0.39, 0.29) is 12.1 Å². The summed E-state index contributed by atoms with van der Waals surface area (Å²) in [6, 6.07) is 0.360. The molecule has 1 N–H and O–H groups in total. The number of hydrogen-bond donors (Lipinski definition) is 1. The molecule has 1 aromatic rings. The first kappa shape index (κ1) is 16.8. The molecule has 3 fully saturated rings. The van der Waals surface area contributed by atoms with Crippen LogP contribution in [0.3, 0.4) is 0 Å². The van der Waals surface area contributed by atoms with Crippen LogP contribution in [0.25, 0.3) is 0 Å². The van der Waals surface area contributed by atoms with Crippen molar-refractivity contribution < 1.29 is 9.53 Å². The zero-order valence-electron chi connectivity index (χ0n) is 14.9. The highest BCUT2D eigenvalue weighted by atomic mass is 16.5. The van der Waals surface area contributed by atoms with Crippen molar-refractivity contribution in [2.24, 2.45) is 0 Å². The van der Waals surface area contributed by atoms with Crippen LogP contribution in [0.2, 0.25) is 0 Å². The molecule has 7 heteroatoms. The van der Waals surface area contributed by atoms with Crippen molar-refractivity contribution >= 4 is 11.7 Å². The van der Waals surface area contributed by atoms with Crippen LogP contribution in [0.1, 0.15) is 38.5 Å². The number of carbonyl (C=O) groups excluding carboxylic acids is 1. The average molecular weight is 347 g/mol. The topological polar surface area (TPSA) is 62.6 Å². The summed E-state index contributed by atoms with van der Waals surface area (Å²) in [7, 11) is 0. The third-order valence-electron chi connectivity index (χ3n) is 5.60. The van der Waals surface area contributed by atoms with Gasteiger partial charge in [0.15, 0.2) is 0 Å². The SMILES string of the molecule is O=C(Nc1cnn(C[C@H]2CCCO2)c1)N1CCC[C@@H]1CN1CCCC1. The molecule has 3 saturated heterocycles. The van der Waals surface area contributed by atoms with E-state index in [1.807, 2.05) is 15.8 Å². The molecule has 0 aliphatic carbocycles. The Kier molecular flexibility index (Phi) is 5.22. The molecular weight excluding hydrogens is 318 g/mol. The Morgan fingerprint density at radius 3 is 2.84 bits per heavy atom. The Balaban J connectivity index is 1.30. The molecule has 2 amide bonds. The smallest absolute Gasteiger partial charge is 0.322 e. The lowest BCUT2D eigenvalue weighted by Gasteiger charge is -2.28. The largest absolute Gasteiger partial charge is 0.376 e. The number of carbonyl (C=O) groups is 1. The predicted molar refractivity (Wildman–Crippen MR) is 95.6 cm³/mol. The summed E-state index contributed by atoms with van der Waals surface area (Å²) < 4.78 is 7.52. The van der Waals surface area contributed by atoms with Gasteiger partial charge in [0.05, 0.1) is 24.5 Å². The summed E-state index contributed by atoms with van der Waals surface area (Å²) in [5.41, 5.74) is 0.773. The van der Waals surface area contributed by atoms with E-state index in [0.29, 0.717) is 6.04 Å². The van der Waals surface area contributed by atoms with Crippen LogP contribution in [-0.4, -0.2) is 70.5 Å². The van der Waals surface area contributed by atoms with E-state index >= 15 is 0 Å². The molecule has 0 saturated carbocycles. The number of anilines is 1. The molecule has 25 heavy (non-hydrogen) atoms. The second kappa shape index (κ2) is 7.74. The number of ether oxygens (including phenoxy) is 1. The van der Waals surface area contributed by atoms with Gasteiger partial charge in [-0.2, -0.15) is 5.10 Å². The average Bonchev–Trinajstić information content (AvgIpc) is 3.36. The summed E-state index contributed by atoms with van der Waals surface area (Å²) in [4.78, 5) is 17.2. The van der Waals surface area contributed by atoms with Crippen LogP contribution in [0.5, 0.6) is 0 Å². The molecule has 138 valence electrons. The Morgan fingerprint density at radius 1 is 1.16 bits per heavy atom. The summed E-state index contributed by atoms with van der Waals surface area (Å²) >= 11 is 0. The lowest BCUT2D eigenvalue weighted by Crippen LogP contribution is -2.44. The fourth-order valence-corrected chi connectivity index (χ4v) is 4.28. The first-order chi connectivity index (χ1) is 12.3. The van der Waals surface area contributed by atoms with E-state index in [9.17, 15) is 4.79 Å². The molecule has 0 bridgehead atoms. The van der Waals surface area contributed by atoms with Gasteiger partial charge in [-0.3, -0.25) is 4.68 Å². The summed E-state index contributed by atoms with van der Waals surface area (Å²) in [6.07, 6.45) is 10.9. The van der Waals surface area contributed by atoms with Gasteiger partial charge in [-0.05, 0) is 51.6 Å². The van der Waals surface area contributed by atoms with Crippen molar-refractivity contribution in [2.75, 3.05) is 38.1 Å². The van der Waals surface area contributed by atoms with Crippen LogP contribution in [0, 0.1) is 0 Å². The van der Waals surface area contributed by atoms with Crippen LogP contribution in [0.4, 0.5) is 10.5 Å². The van der Waals surface area contributed by atoms with Crippen LogP contribution in [-0.2, 0) is 11.3 Å². The molecule has 4 rings (SSSR count). The fourth-order valence-electron chi connectivity index (χ4n) is 4.28. The highest BCUT2D eigenvalue weighted by Crippen LogP contribution is 2.22. The number of aromatic nitrogens is 2. The van der Waals surface area contributed by atoms with Crippen molar-refractivity contribution in [2.45, 2.75) is 57.2 Å². The molecule has 7 nitrogen and oxygen atoms in total. The Labute approximate surface area is 149 Å². The van der Waals surface area contributed by atoms with Crippen molar-refractivity contribution in [1.29, 1.82) is 0 Å².